The van der Waals surface area contributed by atoms with E-state index in [4.69, 9.17) is 5.73 Å². The molecule has 0 amide bonds. The second kappa shape index (κ2) is 3.99. The zero-order valence-electron chi connectivity index (χ0n) is 10.8. The molecular weight excluding hydrogens is 342 g/mol. The van der Waals surface area contributed by atoms with E-state index in [1.165, 1.54) is 24.0 Å². The first-order valence-electron chi connectivity index (χ1n) is 5.95. The van der Waals surface area contributed by atoms with Crippen molar-refractivity contribution >= 4 is 37.5 Å². The molecule has 0 aromatic heterocycles. The maximum Gasteiger partial charge on any atom is 0.0606 e. The highest BCUT2D eigenvalue weighted by Gasteiger charge is 2.39. The predicted molar refractivity (Wildman–Crippen MR) is 81.5 cm³/mol. The number of hydrogen-bond donors (Lipinski definition) is 1. The maximum atomic E-state index is 6.12. The quantitative estimate of drug-likeness (QED) is 0.636. The number of rotatable bonds is 0. The van der Waals surface area contributed by atoms with Gasteiger partial charge in [-0.1, -0.05) is 27.7 Å². The molecule has 0 saturated heterocycles. The summed E-state index contributed by atoms with van der Waals surface area (Å²) < 4.78 is 2.06. The number of halogens is 2. The van der Waals surface area contributed by atoms with Gasteiger partial charge in [0.05, 0.1) is 5.69 Å². The zero-order valence-corrected chi connectivity index (χ0v) is 14.0. The summed E-state index contributed by atoms with van der Waals surface area (Å²) in [6.07, 6.45) is 2.42. The molecule has 2 N–H and O–H groups in total. The van der Waals surface area contributed by atoms with Crippen LogP contribution in [0.25, 0.3) is 0 Å². The fourth-order valence-electron chi connectivity index (χ4n) is 2.71. The molecular formula is C14H19Br2N. The van der Waals surface area contributed by atoms with Gasteiger partial charge in [-0.2, -0.15) is 0 Å². The van der Waals surface area contributed by atoms with Crippen molar-refractivity contribution < 1.29 is 0 Å². The van der Waals surface area contributed by atoms with Crippen LogP contribution in [0.15, 0.2) is 15.0 Å². The van der Waals surface area contributed by atoms with Crippen LogP contribution in [-0.4, -0.2) is 0 Å². The average Bonchev–Trinajstić information content (AvgIpc) is 2.21. The van der Waals surface area contributed by atoms with Crippen LogP contribution in [0.3, 0.4) is 0 Å². The molecule has 1 aromatic carbocycles. The summed E-state index contributed by atoms with van der Waals surface area (Å²) in [5.74, 6) is 0. The van der Waals surface area contributed by atoms with Crippen LogP contribution in [0.1, 0.15) is 51.7 Å². The summed E-state index contributed by atoms with van der Waals surface area (Å²) in [6.45, 7) is 9.24. The van der Waals surface area contributed by atoms with Gasteiger partial charge in [0, 0.05) is 8.95 Å². The lowest BCUT2D eigenvalue weighted by atomic mass is 9.63. The summed E-state index contributed by atoms with van der Waals surface area (Å²) >= 11 is 7.25. The van der Waals surface area contributed by atoms with Crippen molar-refractivity contribution in [1.82, 2.24) is 0 Å². The molecule has 1 aliphatic rings. The van der Waals surface area contributed by atoms with Gasteiger partial charge in [0.15, 0.2) is 0 Å². The van der Waals surface area contributed by atoms with E-state index < -0.39 is 0 Å². The zero-order chi connectivity index (χ0) is 13.0. The van der Waals surface area contributed by atoms with Crippen molar-refractivity contribution in [2.24, 2.45) is 0 Å². The van der Waals surface area contributed by atoms with E-state index in [0.29, 0.717) is 0 Å². The molecule has 2 rings (SSSR count). The first-order valence-corrected chi connectivity index (χ1v) is 7.54. The summed E-state index contributed by atoms with van der Waals surface area (Å²) in [6, 6.07) is 2.20. The predicted octanol–water partition coefficient (Wildman–Crippen LogP) is 5.14. The van der Waals surface area contributed by atoms with Gasteiger partial charge >= 0.3 is 0 Å². The lowest BCUT2D eigenvalue weighted by Gasteiger charge is -2.42. The fourth-order valence-corrected chi connectivity index (χ4v) is 4.37. The van der Waals surface area contributed by atoms with E-state index in [0.717, 1.165) is 14.6 Å². The third-order valence-corrected chi connectivity index (χ3v) is 5.51. The van der Waals surface area contributed by atoms with Crippen molar-refractivity contribution in [3.8, 4) is 0 Å². The molecule has 1 nitrogen and oxygen atoms in total. The van der Waals surface area contributed by atoms with Crippen LogP contribution >= 0.6 is 31.9 Å². The Bertz CT molecular complexity index is 476. The van der Waals surface area contributed by atoms with Crippen LogP contribution in [0.4, 0.5) is 5.69 Å². The monoisotopic (exact) mass is 359 g/mol. The molecule has 0 bridgehead atoms. The summed E-state index contributed by atoms with van der Waals surface area (Å²) in [4.78, 5) is 0. The van der Waals surface area contributed by atoms with Crippen LogP contribution < -0.4 is 5.73 Å². The Morgan fingerprint density at radius 1 is 1.06 bits per heavy atom. The second-order valence-corrected chi connectivity index (χ2v) is 7.92. The van der Waals surface area contributed by atoms with Gasteiger partial charge in [0.25, 0.3) is 0 Å². The first-order chi connectivity index (χ1) is 7.67. The number of benzene rings is 1. The standard InChI is InChI=1S/C14H19Br2N/c1-13(2)5-6-14(3,4)10-8(13)7-9(15)12(17)11(10)16/h7H,5-6,17H2,1-4H3. The summed E-state index contributed by atoms with van der Waals surface area (Å²) in [7, 11) is 0. The topological polar surface area (TPSA) is 26.0 Å². The molecule has 3 heteroatoms. The Kier molecular flexibility index (Phi) is 3.15. The Balaban J connectivity index is 2.81. The van der Waals surface area contributed by atoms with E-state index in [1.54, 1.807) is 0 Å². The third-order valence-electron chi connectivity index (χ3n) is 4.03. The molecule has 0 heterocycles. The van der Waals surface area contributed by atoms with E-state index in [1.807, 2.05) is 0 Å². The van der Waals surface area contributed by atoms with Crippen molar-refractivity contribution in [1.29, 1.82) is 0 Å². The van der Waals surface area contributed by atoms with Gasteiger partial charge in [-0.15, -0.1) is 0 Å². The Hall–Kier alpha value is -0.0200. The van der Waals surface area contributed by atoms with Gasteiger partial charge < -0.3 is 5.73 Å². The smallest absolute Gasteiger partial charge is 0.0606 e. The molecule has 0 spiro atoms. The Labute approximate surface area is 120 Å². The largest absolute Gasteiger partial charge is 0.397 e. The molecule has 1 aromatic rings. The average molecular weight is 361 g/mol. The number of nitrogens with two attached hydrogens (primary N) is 1. The number of hydrogen-bond acceptors (Lipinski definition) is 1. The summed E-state index contributed by atoms with van der Waals surface area (Å²) in [5.41, 5.74) is 10.2. The molecule has 0 unspecified atom stereocenters. The molecule has 1 aliphatic carbocycles. The molecule has 0 saturated carbocycles. The van der Waals surface area contributed by atoms with E-state index in [-0.39, 0.29) is 10.8 Å². The lowest BCUT2D eigenvalue weighted by molar-refractivity contribution is 0.330. The number of anilines is 1. The highest BCUT2D eigenvalue weighted by Crippen LogP contribution is 2.51. The van der Waals surface area contributed by atoms with Crippen LogP contribution in [0.2, 0.25) is 0 Å². The van der Waals surface area contributed by atoms with Crippen LogP contribution in [-0.2, 0) is 10.8 Å². The molecule has 0 fully saturated rings. The third kappa shape index (κ3) is 2.06. The Morgan fingerprint density at radius 2 is 1.59 bits per heavy atom. The van der Waals surface area contributed by atoms with Gasteiger partial charge in [-0.3, -0.25) is 0 Å². The molecule has 0 aliphatic heterocycles. The first kappa shape index (κ1) is 13.4. The van der Waals surface area contributed by atoms with Gasteiger partial charge in [0.1, 0.15) is 0 Å². The second-order valence-electron chi connectivity index (χ2n) is 6.28. The highest BCUT2D eigenvalue weighted by molar-refractivity contribution is 9.11. The molecule has 0 radical (unpaired) electrons. The SMILES string of the molecule is CC1(C)CCC(C)(C)c2c1cc(Br)c(N)c2Br. The minimum atomic E-state index is 0.193. The minimum absolute atomic E-state index is 0.193. The molecule has 94 valence electrons. The van der Waals surface area contributed by atoms with Gasteiger partial charge in [-0.25, -0.2) is 0 Å². The highest BCUT2D eigenvalue weighted by atomic mass is 79.9. The van der Waals surface area contributed by atoms with Crippen molar-refractivity contribution in [2.75, 3.05) is 5.73 Å². The lowest BCUT2D eigenvalue weighted by Crippen LogP contribution is -2.34. The van der Waals surface area contributed by atoms with Crippen molar-refractivity contribution in [3.63, 3.8) is 0 Å². The van der Waals surface area contributed by atoms with Gasteiger partial charge in [0.2, 0.25) is 0 Å². The van der Waals surface area contributed by atoms with Crippen molar-refractivity contribution in [3.05, 3.63) is 26.1 Å². The number of nitrogen functional groups attached to an aromatic ring is 1. The minimum Gasteiger partial charge on any atom is -0.397 e. The van der Waals surface area contributed by atoms with Crippen molar-refractivity contribution in [2.45, 2.75) is 51.4 Å². The van der Waals surface area contributed by atoms with E-state index >= 15 is 0 Å². The molecule has 0 atom stereocenters. The van der Waals surface area contributed by atoms with Crippen LogP contribution in [0.5, 0.6) is 0 Å². The molecule has 17 heavy (non-hydrogen) atoms. The van der Waals surface area contributed by atoms with Gasteiger partial charge in [-0.05, 0) is 72.7 Å². The Morgan fingerprint density at radius 3 is 2.18 bits per heavy atom. The number of fused-ring (bicyclic) bond motifs is 1. The van der Waals surface area contributed by atoms with Crippen LogP contribution in [0, 0.1) is 0 Å². The van der Waals surface area contributed by atoms with E-state index in [9.17, 15) is 0 Å². The van der Waals surface area contributed by atoms with E-state index in [2.05, 4.69) is 65.6 Å². The fraction of sp³-hybridized carbons (Fsp3) is 0.571. The normalized spacial score (nSPS) is 21.1. The summed E-state index contributed by atoms with van der Waals surface area (Å²) in [5, 5.41) is 0. The maximum absolute atomic E-state index is 6.12.